The van der Waals surface area contributed by atoms with Crippen molar-refractivity contribution in [2.24, 2.45) is 5.92 Å². The summed E-state index contributed by atoms with van der Waals surface area (Å²) in [6.45, 7) is 4.36. The lowest BCUT2D eigenvalue weighted by Crippen LogP contribution is -2.41. The molecule has 0 heterocycles. The zero-order valence-corrected chi connectivity index (χ0v) is 12.1. The second kappa shape index (κ2) is 8.40. The largest absolute Gasteiger partial charge is 0.465 e. The van der Waals surface area contributed by atoms with Crippen LogP contribution < -0.4 is 5.32 Å². The van der Waals surface area contributed by atoms with Gasteiger partial charge in [0.05, 0.1) is 18.1 Å². The third kappa shape index (κ3) is 5.76. The van der Waals surface area contributed by atoms with Crippen LogP contribution in [-0.4, -0.2) is 36.0 Å². The van der Waals surface area contributed by atoms with Gasteiger partial charge in [0.25, 0.3) is 0 Å². The summed E-state index contributed by atoms with van der Waals surface area (Å²) in [5, 5.41) is 3.06. The predicted molar refractivity (Wildman–Crippen MR) is 73.5 cm³/mol. The van der Waals surface area contributed by atoms with Crippen molar-refractivity contribution >= 4 is 23.6 Å². The Kier molecular flexibility index (Phi) is 7.16. The van der Waals surface area contributed by atoms with E-state index in [-0.39, 0.29) is 17.6 Å². The molecule has 4 nitrogen and oxygen atoms in total. The SMILES string of the molecule is CCOC(=O)CSCC(=O)NC1CCCCC1C. The summed E-state index contributed by atoms with van der Waals surface area (Å²) in [4.78, 5) is 22.8. The zero-order valence-electron chi connectivity index (χ0n) is 11.2. The van der Waals surface area contributed by atoms with E-state index in [1.165, 1.54) is 31.0 Å². The van der Waals surface area contributed by atoms with Crippen LogP contribution in [0.5, 0.6) is 0 Å². The lowest BCUT2D eigenvalue weighted by molar-refractivity contribution is -0.139. The number of esters is 1. The molecule has 0 radical (unpaired) electrons. The van der Waals surface area contributed by atoms with Gasteiger partial charge < -0.3 is 10.1 Å². The number of rotatable bonds is 6. The van der Waals surface area contributed by atoms with Crippen molar-refractivity contribution in [3.05, 3.63) is 0 Å². The standard InChI is InChI=1S/C13H23NO3S/c1-3-17-13(16)9-18-8-12(15)14-11-7-5-4-6-10(11)2/h10-11H,3-9H2,1-2H3,(H,14,15). The second-order valence-electron chi connectivity index (χ2n) is 4.73. The third-order valence-electron chi connectivity index (χ3n) is 3.22. The molecule has 0 aromatic rings. The topological polar surface area (TPSA) is 55.4 Å². The van der Waals surface area contributed by atoms with E-state index in [4.69, 9.17) is 4.74 Å². The Morgan fingerprint density at radius 1 is 1.28 bits per heavy atom. The van der Waals surface area contributed by atoms with Gasteiger partial charge in [-0.25, -0.2) is 0 Å². The number of thioether (sulfide) groups is 1. The number of carbonyl (C=O) groups is 2. The maximum absolute atomic E-state index is 11.7. The summed E-state index contributed by atoms with van der Waals surface area (Å²) in [5.74, 6) is 0.936. The molecular formula is C13H23NO3S. The highest BCUT2D eigenvalue weighted by molar-refractivity contribution is 8.00. The van der Waals surface area contributed by atoms with E-state index in [1.807, 2.05) is 0 Å². The molecule has 1 rings (SSSR count). The van der Waals surface area contributed by atoms with Crippen LogP contribution in [-0.2, 0) is 14.3 Å². The smallest absolute Gasteiger partial charge is 0.315 e. The summed E-state index contributed by atoms with van der Waals surface area (Å²) in [6, 6.07) is 0.314. The molecule has 1 amide bonds. The number of carbonyl (C=O) groups excluding carboxylic acids is 2. The van der Waals surface area contributed by atoms with E-state index < -0.39 is 0 Å². The molecule has 2 atom stereocenters. The quantitative estimate of drug-likeness (QED) is 0.752. The maximum Gasteiger partial charge on any atom is 0.315 e. The average molecular weight is 273 g/mol. The summed E-state index contributed by atoms with van der Waals surface area (Å²) >= 11 is 1.31. The minimum absolute atomic E-state index is 0.0306. The molecule has 0 aliphatic heterocycles. The fraction of sp³-hybridized carbons (Fsp3) is 0.846. The van der Waals surface area contributed by atoms with Gasteiger partial charge in [0.1, 0.15) is 0 Å². The molecule has 0 spiro atoms. The van der Waals surface area contributed by atoms with E-state index in [0.29, 0.717) is 24.3 Å². The second-order valence-corrected chi connectivity index (χ2v) is 5.72. The Bertz CT molecular complexity index is 283. The van der Waals surface area contributed by atoms with Gasteiger partial charge in [-0.1, -0.05) is 19.8 Å². The van der Waals surface area contributed by atoms with E-state index in [1.54, 1.807) is 6.92 Å². The molecule has 1 aliphatic carbocycles. The van der Waals surface area contributed by atoms with Crippen molar-refractivity contribution in [3.63, 3.8) is 0 Å². The number of hydrogen-bond donors (Lipinski definition) is 1. The molecule has 0 aromatic carbocycles. The van der Waals surface area contributed by atoms with Crippen LogP contribution in [0.25, 0.3) is 0 Å². The molecule has 5 heteroatoms. The highest BCUT2D eigenvalue weighted by atomic mass is 32.2. The van der Waals surface area contributed by atoms with Gasteiger partial charge in [0.2, 0.25) is 5.91 Å². The van der Waals surface area contributed by atoms with E-state index in [9.17, 15) is 9.59 Å². The van der Waals surface area contributed by atoms with E-state index in [0.717, 1.165) is 6.42 Å². The van der Waals surface area contributed by atoms with Gasteiger partial charge in [-0.2, -0.15) is 0 Å². The Morgan fingerprint density at radius 3 is 2.67 bits per heavy atom. The molecule has 1 N–H and O–H groups in total. The Balaban J connectivity index is 2.15. The summed E-state index contributed by atoms with van der Waals surface area (Å²) < 4.78 is 4.80. The summed E-state index contributed by atoms with van der Waals surface area (Å²) in [5.41, 5.74) is 0. The molecule has 104 valence electrons. The minimum Gasteiger partial charge on any atom is -0.465 e. The van der Waals surface area contributed by atoms with Crippen LogP contribution in [0, 0.1) is 5.92 Å². The monoisotopic (exact) mass is 273 g/mol. The van der Waals surface area contributed by atoms with Gasteiger partial charge in [0, 0.05) is 6.04 Å². The number of amides is 1. The maximum atomic E-state index is 11.7. The van der Waals surface area contributed by atoms with Gasteiger partial charge in [-0.3, -0.25) is 9.59 Å². The molecule has 1 fully saturated rings. The van der Waals surface area contributed by atoms with Gasteiger partial charge >= 0.3 is 5.97 Å². The lowest BCUT2D eigenvalue weighted by atomic mass is 9.86. The summed E-state index contributed by atoms with van der Waals surface area (Å²) in [7, 11) is 0. The zero-order chi connectivity index (χ0) is 13.4. The fourth-order valence-electron chi connectivity index (χ4n) is 2.21. The first kappa shape index (κ1) is 15.3. The minimum atomic E-state index is -0.249. The highest BCUT2D eigenvalue weighted by Gasteiger charge is 2.22. The van der Waals surface area contributed by atoms with Crippen LogP contribution in [0.15, 0.2) is 0 Å². The van der Waals surface area contributed by atoms with Gasteiger partial charge in [-0.15, -0.1) is 11.8 Å². The van der Waals surface area contributed by atoms with Crippen molar-refractivity contribution in [2.75, 3.05) is 18.1 Å². The van der Waals surface area contributed by atoms with Gasteiger partial charge in [-0.05, 0) is 25.7 Å². The molecule has 0 aromatic heterocycles. The molecule has 18 heavy (non-hydrogen) atoms. The first-order chi connectivity index (χ1) is 8.63. The third-order valence-corrected chi connectivity index (χ3v) is 4.12. The molecule has 1 aliphatic rings. The van der Waals surface area contributed by atoms with Crippen molar-refractivity contribution in [1.29, 1.82) is 0 Å². The van der Waals surface area contributed by atoms with Crippen LogP contribution in [0.4, 0.5) is 0 Å². The normalized spacial score (nSPS) is 23.4. The number of nitrogens with one attached hydrogen (secondary N) is 1. The first-order valence-corrected chi connectivity index (χ1v) is 7.81. The van der Waals surface area contributed by atoms with Crippen molar-refractivity contribution in [2.45, 2.75) is 45.6 Å². The lowest BCUT2D eigenvalue weighted by Gasteiger charge is -2.29. The van der Waals surface area contributed by atoms with E-state index >= 15 is 0 Å². The van der Waals surface area contributed by atoms with E-state index in [2.05, 4.69) is 12.2 Å². The molecule has 1 saturated carbocycles. The number of ether oxygens (including phenoxy) is 1. The van der Waals surface area contributed by atoms with Crippen LogP contribution >= 0.6 is 11.8 Å². The van der Waals surface area contributed by atoms with Crippen LogP contribution in [0.1, 0.15) is 39.5 Å². The fourth-order valence-corrected chi connectivity index (χ4v) is 2.83. The molecule has 0 saturated heterocycles. The van der Waals surface area contributed by atoms with Crippen molar-refractivity contribution < 1.29 is 14.3 Å². The van der Waals surface area contributed by atoms with Crippen LogP contribution in [0.3, 0.4) is 0 Å². The molecular weight excluding hydrogens is 250 g/mol. The highest BCUT2D eigenvalue weighted by Crippen LogP contribution is 2.23. The Morgan fingerprint density at radius 2 is 2.00 bits per heavy atom. The van der Waals surface area contributed by atoms with Gasteiger partial charge in [0.15, 0.2) is 0 Å². The molecule has 2 unspecified atom stereocenters. The Hall–Kier alpha value is -0.710. The number of hydrogen-bond acceptors (Lipinski definition) is 4. The Labute approximate surface area is 113 Å². The predicted octanol–water partition coefficient (Wildman–Crippen LogP) is 1.98. The summed E-state index contributed by atoms with van der Waals surface area (Å²) in [6.07, 6.45) is 4.74. The first-order valence-electron chi connectivity index (χ1n) is 6.66. The average Bonchev–Trinajstić information content (AvgIpc) is 2.32. The van der Waals surface area contributed by atoms with Crippen LogP contribution in [0.2, 0.25) is 0 Å². The molecule has 0 bridgehead atoms. The van der Waals surface area contributed by atoms with Crippen molar-refractivity contribution in [1.82, 2.24) is 5.32 Å². The van der Waals surface area contributed by atoms with Crippen molar-refractivity contribution in [3.8, 4) is 0 Å².